The first-order valence-corrected chi connectivity index (χ1v) is 13.2. The maximum Gasteiger partial charge on any atom is 0.262 e. The van der Waals surface area contributed by atoms with Crippen LogP contribution in [0.3, 0.4) is 0 Å². The van der Waals surface area contributed by atoms with E-state index >= 15 is 0 Å². The molecule has 3 aromatic rings. The fraction of sp³-hybridized carbons (Fsp3) is 0.323. The third-order valence-electron chi connectivity index (χ3n) is 6.96. The van der Waals surface area contributed by atoms with E-state index < -0.39 is 23.7 Å². The Hall–Kier alpha value is -4.64. The molecular formula is C31H34FN3O7. The molecule has 1 aliphatic heterocycles. The first-order chi connectivity index (χ1) is 20.3. The van der Waals surface area contributed by atoms with E-state index in [1.54, 1.807) is 51.7 Å². The highest BCUT2D eigenvalue weighted by Gasteiger charge is 2.36. The van der Waals surface area contributed by atoms with E-state index in [-0.39, 0.29) is 25.3 Å². The lowest BCUT2D eigenvalue weighted by Crippen LogP contribution is -2.43. The molecule has 222 valence electrons. The maximum absolute atomic E-state index is 14.5. The van der Waals surface area contributed by atoms with Crippen molar-refractivity contribution in [1.82, 2.24) is 9.91 Å². The van der Waals surface area contributed by atoms with Crippen molar-refractivity contribution in [3.8, 4) is 23.0 Å². The summed E-state index contributed by atoms with van der Waals surface area (Å²) in [4.78, 5) is 28.5. The van der Waals surface area contributed by atoms with Gasteiger partial charge in [0.25, 0.3) is 11.8 Å². The van der Waals surface area contributed by atoms with E-state index in [0.717, 1.165) is 5.56 Å². The highest BCUT2D eigenvalue weighted by molar-refractivity contribution is 6.05. The zero-order chi connectivity index (χ0) is 30.2. The lowest BCUT2D eigenvalue weighted by atomic mass is 9.97. The van der Waals surface area contributed by atoms with E-state index in [4.69, 9.17) is 28.8 Å². The van der Waals surface area contributed by atoms with Crippen LogP contribution in [0.4, 0.5) is 4.39 Å². The van der Waals surface area contributed by atoms with Gasteiger partial charge in [-0.1, -0.05) is 18.2 Å². The molecule has 2 amide bonds. The molecule has 10 nitrogen and oxygen atoms in total. The van der Waals surface area contributed by atoms with Crippen LogP contribution in [0, 0.1) is 5.82 Å². The molecule has 1 atom stereocenters. The van der Waals surface area contributed by atoms with Crippen LogP contribution in [0.5, 0.6) is 23.0 Å². The van der Waals surface area contributed by atoms with Crippen molar-refractivity contribution < 1.29 is 37.7 Å². The first kappa shape index (κ1) is 30.3. The molecule has 1 aliphatic rings. The van der Waals surface area contributed by atoms with Gasteiger partial charge in [-0.3, -0.25) is 9.59 Å². The third kappa shape index (κ3) is 6.46. The summed E-state index contributed by atoms with van der Waals surface area (Å²) in [6.45, 7) is -0.117. The zero-order valence-electron chi connectivity index (χ0n) is 24.3. The van der Waals surface area contributed by atoms with Crippen molar-refractivity contribution >= 4 is 17.5 Å². The maximum atomic E-state index is 14.5. The van der Waals surface area contributed by atoms with Crippen LogP contribution in [0.1, 0.15) is 33.9 Å². The van der Waals surface area contributed by atoms with Crippen LogP contribution in [0.2, 0.25) is 0 Å². The Balaban J connectivity index is 1.72. The van der Waals surface area contributed by atoms with Crippen molar-refractivity contribution in [1.29, 1.82) is 0 Å². The number of methoxy groups -OCH3 is 5. The van der Waals surface area contributed by atoms with Gasteiger partial charge in [0.2, 0.25) is 0 Å². The summed E-state index contributed by atoms with van der Waals surface area (Å²) in [5.74, 6) is 0.419. The number of hydrogen-bond acceptors (Lipinski definition) is 8. The molecule has 0 saturated carbocycles. The van der Waals surface area contributed by atoms with Gasteiger partial charge in [0.1, 0.15) is 23.9 Å². The van der Waals surface area contributed by atoms with E-state index in [0.29, 0.717) is 40.7 Å². The number of halogens is 1. The number of carbonyl (C=O) groups excluding carboxylic acids is 2. The molecule has 0 radical (unpaired) electrons. The number of amides is 2. The molecule has 0 saturated heterocycles. The fourth-order valence-electron chi connectivity index (χ4n) is 4.75. The molecule has 0 unspecified atom stereocenters. The summed E-state index contributed by atoms with van der Waals surface area (Å²) in [7, 11) is 7.67. The average Bonchev–Trinajstić information content (AvgIpc) is 3.47. The summed E-state index contributed by atoms with van der Waals surface area (Å²) in [6, 6.07) is 15.9. The molecule has 1 heterocycles. The minimum absolute atomic E-state index is 0.0765. The number of hydrazone groups is 1. The van der Waals surface area contributed by atoms with Gasteiger partial charge in [-0.05, 0) is 42.0 Å². The second-order valence-electron chi connectivity index (χ2n) is 9.38. The van der Waals surface area contributed by atoms with Crippen LogP contribution < -0.4 is 18.9 Å². The van der Waals surface area contributed by atoms with Crippen molar-refractivity contribution in [2.24, 2.45) is 5.10 Å². The van der Waals surface area contributed by atoms with Crippen LogP contribution in [-0.4, -0.2) is 82.7 Å². The molecule has 0 aliphatic carbocycles. The van der Waals surface area contributed by atoms with Crippen LogP contribution in [0.25, 0.3) is 0 Å². The Bertz CT molecular complexity index is 1460. The highest BCUT2D eigenvalue weighted by Crippen LogP contribution is 2.39. The second kappa shape index (κ2) is 13.8. The Labute approximate surface area is 244 Å². The number of ether oxygens (including phenoxy) is 5. The van der Waals surface area contributed by atoms with Crippen molar-refractivity contribution in [2.45, 2.75) is 12.5 Å². The summed E-state index contributed by atoms with van der Waals surface area (Å²) in [5, 5.41) is 6.08. The van der Waals surface area contributed by atoms with E-state index in [2.05, 4.69) is 0 Å². The average molecular weight is 580 g/mol. The van der Waals surface area contributed by atoms with Crippen molar-refractivity contribution in [2.75, 3.05) is 55.2 Å². The monoisotopic (exact) mass is 579 g/mol. The van der Waals surface area contributed by atoms with Gasteiger partial charge in [0, 0.05) is 31.7 Å². The standard InChI is InChI=1S/C31H34FN3O7/c1-38-15-14-34(31(37)22-8-6-7-9-24(22)32)19-30(36)35-26(20-10-13-27(40-3)29(16-20)42-5)18-25(33-35)23-12-11-21(39-2)17-28(23)41-4/h6-13,16-17,26H,14-15,18-19H2,1-5H3/t26-/m1/s1. The molecule has 11 heteroatoms. The number of hydrogen-bond donors (Lipinski definition) is 0. The highest BCUT2D eigenvalue weighted by atomic mass is 19.1. The molecule has 0 bridgehead atoms. The Morgan fingerprint density at radius 2 is 1.64 bits per heavy atom. The summed E-state index contributed by atoms with van der Waals surface area (Å²) in [5.41, 5.74) is 1.91. The molecule has 0 spiro atoms. The molecule has 3 aromatic carbocycles. The smallest absolute Gasteiger partial charge is 0.262 e. The zero-order valence-corrected chi connectivity index (χ0v) is 24.3. The Kier molecular flexibility index (Phi) is 9.98. The first-order valence-electron chi connectivity index (χ1n) is 13.2. The molecule has 42 heavy (non-hydrogen) atoms. The predicted molar refractivity (Wildman–Crippen MR) is 154 cm³/mol. The van der Waals surface area contributed by atoms with E-state index in [1.165, 1.54) is 42.3 Å². The quantitative estimate of drug-likeness (QED) is 0.315. The van der Waals surface area contributed by atoms with Gasteiger partial charge < -0.3 is 28.6 Å². The number of rotatable bonds is 12. The number of nitrogens with zero attached hydrogens (tertiary/aromatic N) is 3. The second-order valence-corrected chi connectivity index (χ2v) is 9.38. The lowest BCUT2D eigenvalue weighted by molar-refractivity contribution is -0.133. The van der Waals surface area contributed by atoms with Crippen molar-refractivity contribution in [3.05, 3.63) is 83.2 Å². The Morgan fingerprint density at radius 3 is 2.31 bits per heavy atom. The van der Waals surface area contributed by atoms with Crippen LogP contribution in [-0.2, 0) is 9.53 Å². The van der Waals surface area contributed by atoms with Gasteiger partial charge in [0.15, 0.2) is 11.5 Å². The van der Waals surface area contributed by atoms with Gasteiger partial charge in [-0.25, -0.2) is 9.40 Å². The SMILES string of the molecule is COCCN(CC(=O)N1N=C(c2ccc(OC)cc2OC)C[C@@H]1c1ccc(OC)c(OC)c1)C(=O)c1ccccc1F. The normalized spacial score (nSPS) is 14.3. The van der Waals surface area contributed by atoms with Crippen molar-refractivity contribution in [3.63, 3.8) is 0 Å². The summed E-state index contributed by atoms with van der Waals surface area (Å²) >= 11 is 0. The van der Waals surface area contributed by atoms with Gasteiger partial charge in [0.05, 0.1) is 52.4 Å². The lowest BCUT2D eigenvalue weighted by Gasteiger charge is -2.27. The molecular weight excluding hydrogens is 545 g/mol. The molecule has 4 rings (SSSR count). The van der Waals surface area contributed by atoms with Gasteiger partial charge >= 0.3 is 0 Å². The van der Waals surface area contributed by atoms with Crippen LogP contribution >= 0.6 is 0 Å². The summed E-state index contributed by atoms with van der Waals surface area (Å²) < 4.78 is 41.5. The molecule has 0 fully saturated rings. The minimum atomic E-state index is -0.673. The summed E-state index contributed by atoms with van der Waals surface area (Å²) in [6.07, 6.45) is 0.350. The van der Waals surface area contributed by atoms with Gasteiger partial charge in [-0.2, -0.15) is 5.10 Å². The number of carbonyl (C=O) groups is 2. The third-order valence-corrected chi connectivity index (χ3v) is 6.96. The predicted octanol–water partition coefficient (Wildman–Crippen LogP) is 4.33. The van der Waals surface area contributed by atoms with E-state index in [1.807, 2.05) is 12.1 Å². The topological polar surface area (TPSA) is 99.1 Å². The van der Waals surface area contributed by atoms with Crippen LogP contribution in [0.15, 0.2) is 65.8 Å². The minimum Gasteiger partial charge on any atom is -0.497 e. The van der Waals surface area contributed by atoms with E-state index in [9.17, 15) is 14.0 Å². The molecule has 0 N–H and O–H groups in total. The molecule has 0 aromatic heterocycles. The Morgan fingerprint density at radius 1 is 0.905 bits per heavy atom. The van der Waals surface area contributed by atoms with Gasteiger partial charge in [-0.15, -0.1) is 0 Å². The number of benzene rings is 3. The fourth-order valence-corrected chi connectivity index (χ4v) is 4.75. The largest absolute Gasteiger partial charge is 0.497 e.